The minimum Gasteiger partial charge on any atom is -0.406 e. The van der Waals surface area contributed by atoms with Gasteiger partial charge >= 0.3 is 6.01 Å². The molecule has 3 heterocycles. The summed E-state index contributed by atoms with van der Waals surface area (Å²) >= 11 is 5.89. The zero-order valence-electron chi connectivity index (χ0n) is 13.8. The summed E-state index contributed by atoms with van der Waals surface area (Å²) in [6, 6.07) is 11.6. The van der Waals surface area contributed by atoms with Gasteiger partial charge in [-0.1, -0.05) is 16.7 Å². The van der Waals surface area contributed by atoms with E-state index in [4.69, 9.17) is 16.0 Å². The Labute approximate surface area is 155 Å². The standard InChI is InChI=1S/C17H18ClN7O/c18-12-1-3-13(4-2-12)22-17-25-24-16(26-17)15-14(10-21-23-15)20-9-11-5-7-19-8-6-11/h1-8,14-15,20-21,23H,9-10H2,(H,22,25). The third-order valence-electron chi connectivity index (χ3n) is 4.10. The van der Waals surface area contributed by atoms with Crippen molar-refractivity contribution in [1.29, 1.82) is 0 Å². The quantitative estimate of drug-likeness (QED) is 0.523. The van der Waals surface area contributed by atoms with Gasteiger partial charge in [0.05, 0.1) is 0 Å². The van der Waals surface area contributed by atoms with E-state index in [0.29, 0.717) is 16.9 Å². The van der Waals surface area contributed by atoms with Crippen molar-refractivity contribution >= 4 is 23.3 Å². The molecule has 0 radical (unpaired) electrons. The van der Waals surface area contributed by atoms with Crippen LogP contribution in [0.2, 0.25) is 5.02 Å². The van der Waals surface area contributed by atoms with Crippen molar-refractivity contribution in [3.8, 4) is 0 Å². The van der Waals surface area contributed by atoms with Crippen LogP contribution in [0.1, 0.15) is 17.5 Å². The molecule has 4 rings (SSSR count). The predicted octanol–water partition coefficient (Wildman–Crippen LogP) is 2.17. The molecule has 3 aromatic rings. The fourth-order valence-corrected chi connectivity index (χ4v) is 2.86. The lowest BCUT2D eigenvalue weighted by molar-refractivity contribution is 0.378. The van der Waals surface area contributed by atoms with E-state index < -0.39 is 0 Å². The first-order valence-electron chi connectivity index (χ1n) is 8.24. The number of hydrazine groups is 1. The third-order valence-corrected chi connectivity index (χ3v) is 4.35. The monoisotopic (exact) mass is 371 g/mol. The first-order valence-corrected chi connectivity index (χ1v) is 8.62. The molecule has 0 aliphatic carbocycles. The second-order valence-electron chi connectivity index (χ2n) is 5.92. The molecule has 134 valence electrons. The molecule has 1 aliphatic heterocycles. The third kappa shape index (κ3) is 4.00. The van der Waals surface area contributed by atoms with E-state index >= 15 is 0 Å². The largest absolute Gasteiger partial charge is 0.406 e. The van der Waals surface area contributed by atoms with Gasteiger partial charge in [-0.15, -0.1) is 5.10 Å². The highest BCUT2D eigenvalue weighted by Crippen LogP contribution is 2.23. The van der Waals surface area contributed by atoms with Crippen molar-refractivity contribution in [2.75, 3.05) is 11.9 Å². The molecule has 0 saturated carbocycles. The van der Waals surface area contributed by atoms with Gasteiger partial charge in [-0.2, -0.15) is 0 Å². The van der Waals surface area contributed by atoms with E-state index in [-0.39, 0.29) is 12.1 Å². The molecule has 1 aromatic carbocycles. The van der Waals surface area contributed by atoms with Crippen LogP contribution < -0.4 is 21.5 Å². The number of rotatable bonds is 6. The molecule has 0 bridgehead atoms. The van der Waals surface area contributed by atoms with Crippen molar-refractivity contribution in [1.82, 2.24) is 31.3 Å². The molecule has 1 fully saturated rings. The number of benzene rings is 1. The topological polar surface area (TPSA) is 99.9 Å². The number of pyridine rings is 1. The van der Waals surface area contributed by atoms with E-state index in [1.54, 1.807) is 24.5 Å². The van der Waals surface area contributed by atoms with Crippen LogP contribution in [0.15, 0.2) is 53.2 Å². The maximum Gasteiger partial charge on any atom is 0.320 e. The molecule has 8 nitrogen and oxygen atoms in total. The highest BCUT2D eigenvalue weighted by molar-refractivity contribution is 6.30. The minimum atomic E-state index is -0.120. The number of aromatic nitrogens is 3. The highest BCUT2D eigenvalue weighted by Gasteiger charge is 2.32. The Kier molecular flexibility index (Phi) is 5.07. The van der Waals surface area contributed by atoms with Crippen LogP contribution in [0.4, 0.5) is 11.7 Å². The van der Waals surface area contributed by atoms with Crippen LogP contribution >= 0.6 is 11.6 Å². The average Bonchev–Trinajstić information content (AvgIpc) is 3.32. The summed E-state index contributed by atoms with van der Waals surface area (Å²) < 4.78 is 5.77. The molecule has 4 N–H and O–H groups in total. The lowest BCUT2D eigenvalue weighted by Crippen LogP contribution is -2.35. The molecule has 1 saturated heterocycles. The van der Waals surface area contributed by atoms with Crippen molar-refractivity contribution in [2.24, 2.45) is 0 Å². The first-order chi connectivity index (χ1) is 12.8. The summed E-state index contributed by atoms with van der Waals surface area (Å²) in [5.74, 6) is 0.513. The Morgan fingerprint density at radius 1 is 1.12 bits per heavy atom. The molecule has 2 aromatic heterocycles. The fourth-order valence-electron chi connectivity index (χ4n) is 2.74. The summed E-state index contributed by atoms with van der Waals surface area (Å²) in [5, 5.41) is 15.5. The van der Waals surface area contributed by atoms with Crippen LogP contribution in [0.25, 0.3) is 0 Å². The van der Waals surface area contributed by atoms with Crippen molar-refractivity contribution < 1.29 is 4.42 Å². The van der Waals surface area contributed by atoms with Gasteiger partial charge in [0.2, 0.25) is 5.89 Å². The van der Waals surface area contributed by atoms with Crippen LogP contribution in [-0.4, -0.2) is 27.8 Å². The van der Waals surface area contributed by atoms with Crippen LogP contribution in [0.5, 0.6) is 0 Å². The second-order valence-corrected chi connectivity index (χ2v) is 6.36. The van der Waals surface area contributed by atoms with Gasteiger partial charge < -0.3 is 15.1 Å². The summed E-state index contributed by atoms with van der Waals surface area (Å²) in [6.07, 6.45) is 3.57. The van der Waals surface area contributed by atoms with Gasteiger partial charge in [0.15, 0.2) is 0 Å². The van der Waals surface area contributed by atoms with Gasteiger partial charge in [0, 0.05) is 42.2 Å². The Hall–Kier alpha value is -2.52. The Morgan fingerprint density at radius 2 is 1.92 bits per heavy atom. The lowest BCUT2D eigenvalue weighted by Gasteiger charge is -2.16. The van der Waals surface area contributed by atoms with E-state index in [1.165, 1.54) is 5.56 Å². The average molecular weight is 372 g/mol. The Balaban J connectivity index is 1.40. The number of hydrogen-bond acceptors (Lipinski definition) is 8. The fraction of sp³-hybridized carbons (Fsp3) is 0.235. The van der Waals surface area contributed by atoms with E-state index in [2.05, 4.69) is 36.7 Å². The van der Waals surface area contributed by atoms with Crippen molar-refractivity contribution in [2.45, 2.75) is 18.6 Å². The van der Waals surface area contributed by atoms with E-state index in [0.717, 1.165) is 18.8 Å². The zero-order chi connectivity index (χ0) is 17.8. The molecule has 1 aliphatic rings. The van der Waals surface area contributed by atoms with Crippen molar-refractivity contribution in [3.63, 3.8) is 0 Å². The lowest BCUT2D eigenvalue weighted by atomic mass is 10.1. The minimum absolute atomic E-state index is 0.118. The van der Waals surface area contributed by atoms with Crippen molar-refractivity contribution in [3.05, 3.63) is 65.3 Å². The summed E-state index contributed by atoms with van der Waals surface area (Å²) in [7, 11) is 0. The van der Waals surface area contributed by atoms with Gasteiger partial charge in [0.25, 0.3) is 0 Å². The SMILES string of the molecule is Clc1ccc(Nc2nnc(C3NNCC3NCc3ccncc3)o2)cc1. The number of hydrogen-bond donors (Lipinski definition) is 4. The zero-order valence-corrected chi connectivity index (χ0v) is 14.6. The van der Waals surface area contributed by atoms with E-state index in [1.807, 2.05) is 24.3 Å². The highest BCUT2D eigenvalue weighted by atomic mass is 35.5. The Morgan fingerprint density at radius 3 is 2.73 bits per heavy atom. The Bertz CT molecular complexity index is 840. The number of halogens is 1. The van der Waals surface area contributed by atoms with Gasteiger partial charge in [-0.3, -0.25) is 10.4 Å². The normalized spacial score (nSPS) is 19.6. The number of nitrogens with zero attached hydrogens (tertiary/aromatic N) is 3. The number of anilines is 2. The first kappa shape index (κ1) is 16.9. The predicted molar refractivity (Wildman–Crippen MR) is 97.8 cm³/mol. The van der Waals surface area contributed by atoms with Crippen LogP contribution in [0, 0.1) is 0 Å². The smallest absolute Gasteiger partial charge is 0.320 e. The second kappa shape index (κ2) is 7.79. The van der Waals surface area contributed by atoms with Crippen LogP contribution in [0.3, 0.4) is 0 Å². The number of nitrogens with one attached hydrogen (secondary N) is 4. The molecular weight excluding hydrogens is 354 g/mol. The summed E-state index contributed by atoms with van der Waals surface area (Å²) in [5.41, 5.74) is 8.31. The maximum atomic E-state index is 5.89. The molecule has 2 atom stereocenters. The van der Waals surface area contributed by atoms with Gasteiger partial charge in [0.1, 0.15) is 6.04 Å². The van der Waals surface area contributed by atoms with Gasteiger partial charge in [-0.05, 0) is 42.0 Å². The summed E-state index contributed by atoms with van der Waals surface area (Å²) in [4.78, 5) is 4.03. The summed E-state index contributed by atoms with van der Waals surface area (Å²) in [6.45, 7) is 1.48. The molecular formula is C17H18ClN7O. The molecule has 0 amide bonds. The van der Waals surface area contributed by atoms with E-state index in [9.17, 15) is 0 Å². The molecule has 9 heteroatoms. The molecule has 2 unspecified atom stereocenters. The molecule has 0 spiro atoms. The maximum absolute atomic E-state index is 5.89. The molecule has 26 heavy (non-hydrogen) atoms. The van der Waals surface area contributed by atoms with Gasteiger partial charge in [-0.25, -0.2) is 5.43 Å². The van der Waals surface area contributed by atoms with Crippen LogP contribution in [-0.2, 0) is 6.54 Å².